The van der Waals surface area contributed by atoms with Crippen LogP contribution < -0.4 is 14.5 Å². The summed E-state index contributed by atoms with van der Waals surface area (Å²) in [5.41, 5.74) is 11.8. The Morgan fingerprint density at radius 2 is 1.50 bits per heavy atom. The molecule has 5 heterocycles. The van der Waals surface area contributed by atoms with Gasteiger partial charge in [0.2, 0.25) is 0 Å². The van der Waals surface area contributed by atoms with Crippen molar-refractivity contribution in [2.75, 3.05) is 62.7 Å². The molecule has 1 aliphatic carbocycles. The Labute approximate surface area is 368 Å². The number of halogens is 1. The van der Waals surface area contributed by atoms with Crippen LogP contribution in [0.4, 0.5) is 15.8 Å². The fraction of sp³-hybridized carbons (Fsp3) is 0.392. The molecule has 2 fully saturated rings. The van der Waals surface area contributed by atoms with E-state index in [1.54, 1.807) is 36.6 Å². The fourth-order valence-corrected chi connectivity index (χ4v) is 11.9. The number of fused-ring (bicyclic) bond motifs is 4. The first-order valence-electron chi connectivity index (χ1n) is 22.3. The SMILES string of the molecule is COc1cc(N2CCN(CC3CCN(c4ccc(C5=N[C@@H](C)c6nnc(C)n6-c6sc(C)c(C)c65)cc4)CC3)CC2)ccc1[C@H]1c2ccc(O)cc2CC[C@H]1c1ccc(F)cc1. The van der Waals surface area contributed by atoms with E-state index < -0.39 is 0 Å². The maximum atomic E-state index is 14.0. The van der Waals surface area contributed by atoms with Gasteiger partial charge in [-0.05, 0) is 130 Å². The second kappa shape index (κ2) is 16.6. The molecule has 62 heavy (non-hydrogen) atoms. The molecule has 9 nitrogen and oxygen atoms in total. The van der Waals surface area contributed by atoms with Crippen LogP contribution in [0.3, 0.4) is 0 Å². The van der Waals surface area contributed by atoms with Crippen LogP contribution >= 0.6 is 11.3 Å². The van der Waals surface area contributed by atoms with Crippen molar-refractivity contribution in [2.24, 2.45) is 10.9 Å². The highest BCUT2D eigenvalue weighted by Gasteiger charge is 2.35. The molecule has 10 rings (SSSR count). The number of anilines is 2. The summed E-state index contributed by atoms with van der Waals surface area (Å²) in [5.74, 6) is 3.63. The monoisotopic (exact) mass is 849 g/mol. The zero-order chi connectivity index (χ0) is 42.6. The van der Waals surface area contributed by atoms with Crippen molar-refractivity contribution in [1.29, 1.82) is 0 Å². The van der Waals surface area contributed by atoms with Crippen LogP contribution in [0.5, 0.6) is 11.5 Å². The third-order valence-electron chi connectivity index (χ3n) is 14.2. The minimum absolute atomic E-state index is 0.0279. The normalized spacial score (nSPS) is 20.6. The Balaban J connectivity index is 0.767. The minimum Gasteiger partial charge on any atom is -0.508 e. The summed E-state index contributed by atoms with van der Waals surface area (Å²) in [4.78, 5) is 14.3. The van der Waals surface area contributed by atoms with Gasteiger partial charge in [-0.25, -0.2) is 4.39 Å². The van der Waals surface area contributed by atoms with Crippen molar-refractivity contribution in [2.45, 2.75) is 71.3 Å². The number of hydrogen-bond donors (Lipinski definition) is 1. The number of aromatic nitrogens is 3. The van der Waals surface area contributed by atoms with E-state index >= 15 is 0 Å². The van der Waals surface area contributed by atoms with Gasteiger partial charge in [-0.1, -0.05) is 36.4 Å². The zero-order valence-electron chi connectivity index (χ0n) is 36.4. The van der Waals surface area contributed by atoms with Crippen LogP contribution in [0.15, 0.2) is 89.9 Å². The van der Waals surface area contributed by atoms with E-state index in [9.17, 15) is 9.50 Å². The summed E-state index contributed by atoms with van der Waals surface area (Å²) >= 11 is 1.80. The number of aromatic hydroxyl groups is 1. The van der Waals surface area contributed by atoms with E-state index in [0.29, 0.717) is 11.7 Å². The maximum absolute atomic E-state index is 14.0. The lowest BCUT2D eigenvalue weighted by Crippen LogP contribution is -2.49. The van der Waals surface area contributed by atoms with Gasteiger partial charge in [-0.3, -0.25) is 14.5 Å². The number of phenols is 1. The molecule has 1 N–H and O–H groups in total. The van der Waals surface area contributed by atoms with Crippen LogP contribution in [-0.4, -0.2) is 83.4 Å². The fourth-order valence-electron chi connectivity index (χ4n) is 10.7. The molecule has 0 bridgehead atoms. The molecule has 0 spiro atoms. The Morgan fingerprint density at radius 1 is 0.790 bits per heavy atom. The second-order valence-electron chi connectivity index (χ2n) is 17.8. The first kappa shape index (κ1) is 40.5. The van der Waals surface area contributed by atoms with E-state index in [1.807, 2.05) is 25.1 Å². The predicted octanol–water partition coefficient (Wildman–Crippen LogP) is 9.92. The second-order valence-corrected chi connectivity index (χ2v) is 19.0. The molecule has 6 aromatic rings. The van der Waals surface area contributed by atoms with Crippen molar-refractivity contribution in [1.82, 2.24) is 19.7 Å². The number of piperidine rings is 1. The van der Waals surface area contributed by atoms with Crippen LogP contribution in [0.1, 0.15) is 99.5 Å². The Bertz CT molecular complexity index is 2620. The summed E-state index contributed by atoms with van der Waals surface area (Å²) in [5, 5.41) is 20.4. The molecular weight excluding hydrogens is 794 g/mol. The van der Waals surface area contributed by atoms with Gasteiger partial charge in [-0.2, -0.15) is 0 Å². The lowest BCUT2D eigenvalue weighted by Gasteiger charge is -2.40. The van der Waals surface area contributed by atoms with Gasteiger partial charge < -0.3 is 19.6 Å². The van der Waals surface area contributed by atoms with E-state index in [1.165, 1.54) is 50.8 Å². The Kier molecular flexibility index (Phi) is 10.9. The molecule has 0 amide bonds. The molecule has 0 unspecified atom stereocenters. The Morgan fingerprint density at radius 3 is 2.24 bits per heavy atom. The molecule has 2 aromatic heterocycles. The maximum Gasteiger partial charge on any atom is 0.162 e. The minimum atomic E-state index is -0.223. The molecule has 2 saturated heterocycles. The zero-order valence-corrected chi connectivity index (χ0v) is 37.3. The molecule has 0 radical (unpaired) electrons. The van der Waals surface area contributed by atoms with E-state index in [-0.39, 0.29) is 23.7 Å². The molecular formula is C51H56FN7O2S. The van der Waals surface area contributed by atoms with Crippen LogP contribution in [0, 0.1) is 32.5 Å². The highest BCUT2D eigenvalue weighted by Crippen LogP contribution is 2.50. The van der Waals surface area contributed by atoms with Crippen molar-refractivity contribution in [3.63, 3.8) is 0 Å². The number of thiophene rings is 1. The number of phenolic OH excluding ortho intramolecular Hbond substituents is 1. The third kappa shape index (κ3) is 7.46. The van der Waals surface area contributed by atoms with Gasteiger partial charge in [0, 0.05) is 90.7 Å². The van der Waals surface area contributed by atoms with Crippen molar-refractivity contribution in [3.05, 3.63) is 146 Å². The summed E-state index contributed by atoms with van der Waals surface area (Å²) in [6, 6.07) is 28.4. The van der Waals surface area contributed by atoms with Crippen LogP contribution in [-0.2, 0) is 6.42 Å². The summed E-state index contributed by atoms with van der Waals surface area (Å²) in [7, 11) is 1.76. The van der Waals surface area contributed by atoms with Crippen molar-refractivity contribution >= 4 is 28.4 Å². The number of benzene rings is 4. The van der Waals surface area contributed by atoms with E-state index in [4.69, 9.17) is 9.73 Å². The number of ether oxygens (including phenoxy) is 1. The number of nitrogens with zero attached hydrogens (tertiary/aromatic N) is 7. The largest absolute Gasteiger partial charge is 0.508 e. The van der Waals surface area contributed by atoms with Crippen molar-refractivity contribution in [3.8, 4) is 16.5 Å². The third-order valence-corrected chi connectivity index (χ3v) is 15.4. The molecule has 4 aliphatic rings. The summed E-state index contributed by atoms with van der Waals surface area (Å²) in [6.45, 7) is 15.9. The highest BCUT2D eigenvalue weighted by atomic mass is 32.1. The molecule has 3 aliphatic heterocycles. The van der Waals surface area contributed by atoms with Crippen LogP contribution in [0.2, 0.25) is 0 Å². The van der Waals surface area contributed by atoms with E-state index in [2.05, 4.69) is 98.8 Å². The quantitative estimate of drug-likeness (QED) is 0.163. The topological polar surface area (TPSA) is 82.2 Å². The van der Waals surface area contributed by atoms with Crippen LogP contribution in [0.25, 0.3) is 5.00 Å². The van der Waals surface area contributed by atoms with Gasteiger partial charge in [-0.15, -0.1) is 21.5 Å². The molecule has 0 saturated carbocycles. The van der Waals surface area contributed by atoms with E-state index in [0.717, 1.165) is 104 Å². The average molecular weight is 850 g/mol. The standard InChI is InChI=1S/C51H56FN7O2S/c1-31-33(3)62-51-47(31)49(53-32(2)50-55-54-34(4)59(50)51)37-8-13-40(14-9-37)57-22-20-35(21-23-57)30-56-24-26-58(27-25-56)41-15-18-45(46(29-41)61-5)48-43(36-6-11-39(52)12-7-36)17-10-38-28-42(60)16-19-44(38)48/h6-9,11-16,18-19,28-29,32,35,43,48,60H,10,17,20-27,30H2,1-5H3/t32-,43-,48+/m0/s1. The van der Waals surface area contributed by atoms with Gasteiger partial charge >= 0.3 is 0 Å². The lowest BCUT2D eigenvalue weighted by atomic mass is 9.69. The number of aryl methyl sites for hydroxylation is 3. The van der Waals surface area contributed by atoms with Gasteiger partial charge in [0.15, 0.2) is 5.82 Å². The highest BCUT2D eigenvalue weighted by molar-refractivity contribution is 7.15. The number of methoxy groups -OCH3 is 1. The Hall–Kier alpha value is -5.52. The number of piperazine rings is 1. The van der Waals surface area contributed by atoms with Gasteiger partial charge in [0.25, 0.3) is 0 Å². The first-order chi connectivity index (χ1) is 30.1. The summed E-state index contributed by atoms with van der Waals surface area (Å²) in [6.07, 6.45) is 4.17. The van der Waals surface area contributed by atoms with Crippen molar-refractivity contribution < 1.29 is 14.2 Å². The molecule has 11 heteroatoms. The van der Waals surface area contributed by atoms with Gasteiger partial charge in [0.1, 0.15) is 34.2 Å². The molecule has 320 valence electrons. The smallest absolute Gasteiger partial charge is 0.162 e. The summed E-state index contributed by atoms with van der Waals surface area (Å²) < 4.78 is 22.3. The number of rotatable bonds is 8. The average Bonchev–Trinajstić information content (AvgIpc) is 3.78. The number of hydrogen-bond acceptors (Lipinski definition) is 9. The first-order valence-corrected chi connectivity index (χ1v) is 23.1. The lowest BCUT2D eigenvalue weighted by molar-refractivity contribution is 0.201. The number of aliphatic imine (C=N–C) groups is 1. The molecule has 4 aromatic carbocycles. The van der Waals surface area contributed by atoms with Gasteiger partial charge in [0.05, 0.1) is 12.8 Å². The molecule has 3 atom stereocenters. The predicted molar refractivity (Wildman–Crippen MR) is 248 cm³/mol.